The van der Waals surface area contributed by atoms with E-state index in [-0.39, 0.29) is 28.8 Å². The highest BCUT2D eigenvalue weighted by molar-refractivity contribution is 7.89. The molecule has 1 aliphatic carbocycles. The molecule has 3 N–H and O–H groups in total. The van der Waals surface area contributed by atoms with Gasteiger partial charge in [0.2, 0.25) is 26.0 Å². The quantitative estimate of drug-likeness (QED) is 0.539. The largest absolute Gasteiger partial charge is 0.326 e. The molecule has 2 aromatic carbocycles. The van der Waals surface area contributed by atoms with E-state index in [0.717, 1.165) is 18.4 Å². The van der Waals surface area contributed by atoms with E-state index < -0.39 is 26.0 Å². The second-order valence-corrected chi connectivity index (χ2v) is 10.8. The van der Waals surface area contributed by atoms with Gasteiger partial charge in [-0.1, -0.05) is 18.2 Å². The summed E-state index contributed by atoms with van der Waals surface area (Å²) in [6.07, 6.45) is 1.56. The lowest BCUT2D eigenvalue weighted by molar-refractivity contribution is -0.116. The van der Waals surface area contributed by atoms with Crippen molar-refractivity contribution in [1.29, 1.82) is 0 Å². The Balaban J connectivity index is 1.57. The van der Waals surface area contributed by atoms with Crippen LogP contribution >= 0.6 is 0 Å². The summed E-state index contributed by atoms with van der Waals surface area (Å²) >= 11 is 0. The third-order valence-electron chi connectivity index (χ3n) is 4.60. The maximum absolute atomic E-state index is 12.5. The fourth-order valence-corrected chi connectivity index (χ4v) is 5.54. The number of hydrogen-bond acceptors (Lipinski definition) is 5. The van der Waals surface area contributed by atoms with E-state index in [4.69, 9.17) is 0 Å². The predicted molar refractivity (Wildman–Crippen MR) is 114 cm³/mol. The van der Waals surface area contributed by atoms with E-state index >= 15 is 0 Å². The number of amides is 1. The van der Waals surface area contributed by atoms with Gasteiger partial charge in [0.15, 0.2) is 0 Å². The van der Waals surface area contributed by atoms with E-state index in [1.54, 1.807) is 38.1 Å². The van der Waals surface area contributed by atoms with Crippen molar-refractivity contribution in [3.63, 3.8) is 0 Å². The summed E-state index contributed by atoms with van der Waals surface area (Å²) in [6.45, 7) is 3.43. The molecule has 0 saturated heterocycles. The van der Waals surface area contributed by atoms with E-state index in [2.05, 4.69) is 14.8 Å². The molecule has 0 aromatic heterocycles. The summed E-state index contributed by atoms with van der Waals surface area (Å²) < 4.78 is 54.5. The van der Waals surface area contributed by atoms with Gasteiger partial charge in [0.1, 0.15) is 0 Å². The Morgan fingerprint density at radius 3 is 2.43 bits per heavy atom. The lowest BCUT2D eigenvalue weighted by Gasteiger charge is -2.11. The molecular formula is C20H25N3O5S2. The molecule has 1 aliphatic rings. The fourth-order valence-electron chi connectivity index (χ4n) is 2.83. The van der Waals surface area contributed by atoms with Crippen LogP contribution in [0.5, 0.6) is 0 Å². The SMILES string of the molecule is Cc1ccc(C)c(S(=O)(=O)NCCC(=O)Nc2cccc(S(=O)(=O)NC3CC3)c2)c1. The van der Waals surface area contributed by atoms with Crippen molar-refractivity contribution in [2.45, 2.75) is 48.9 Å². The van der Waals surface area contributed by atoms with Gasteiger partial charge < -0.3 is 5.32 Å². The summed E-state index contributed by atoms with van der Waals surface area (Å²) in [4.78, 5) is 12.4. The van der Waals surface area contributed by atoms with Crippen molar-refractivity contribution in [2.24, 2.45) is 0 Å². The van der Waals surface area contributed by atoms with Crippen LogP contribution in [0.2, 0.25) is 0 Å². The maximum Gasteiger partial charge on any atom is 0.240 e. The lowest BCUT2D eigenvalue weighted by atomic mass is 10.2. The van der Waals surface area contributed by atoms with Crippen molar-refractivity contribution in [3.05, 3.63) is 53.6 Å². The Hall–Kier alpha value is -2.27. The van der Waals surface area contributed by atoms with Gasteiger partial charge in [-0.25, -0.2) is 26.3 Å². The average molecular weight is 452 g/mol. The maximum atomic E-state index is 12.5. The van der Waals surface area contributed by atoms with Gasteiger partial charge in [0, 0.05) is 24.7 Å². The normalized spacial score (nSPS) is 14.5. The molecular weight excluding hydrogens is 426 g/mol. The third kappa shape index (κ3) is 5.88. The summed E-state index contributed by atoms with van der Waals surface area (Å²) in [5.41, 5.74) is 1.77. The van der Waals surface area contributed by atoms with Gasteiger partial charge in [0.25, 0.3) is 0 Å². The number of carbonyl (C=O) groups is 1. The molecule has 1 amide bonds. The van der Waals surface area contributed by atoms with E-state index in [1.165, 1.54) is 12.1 Å². The Bertz CT molecular complexity index is 1160. The molecule has 0 heterocycles. The number of sulfonamides is 2. The van der Waals surface area contributed by atoms with Gasteiger partial charge in [-0.3, -0.25) is 4.79 Å². The fraction of sp³-hybridized carbons (Fsp3) is 0.350. The van der Waals surface area contributed by atoms with Gasteiger partial charge >= 0.3 is 0 Å². The number of aryl methyl sites for hydroxylation is 2. The van der Waals surface area contributed by atoms with Crippen molar-refractivity contribution < 1.29 is 21.6 Å². The van der Waals surface area contributed by atoms with Crippen LogP contribution in [0.1, 0.15) is 30.4 Å². The summed E-state index contributed by atoms with van der Waals surface area (Å²) in [5, 5.41) is 2.60. The van der Waals surface area contributed by atoms with Crippen LogP contribution < -0.4 is 14.8 Å². The van der Waals surface area contributed by atoms with Crippen molar-refractivity contribution in [1.82, 2.24) is 9.44 Å². The van der Waals surface area contributed by atoms with Gasteiger partial charge in [-0.2, -0.15) is 0 Å². The first-order valence-electron chi connectivity index (χ1n) is 9.56. The molecule has 3 rings (SSSR count). The molecule has 10 heteroatoms. The average Bonchev–Trinajstić information content (AvgIpc) is 3.47. The van der Waals surface area contributed by atoms with E-state index in [0.29, 0.717) is 11.3 Å². The van der Waals surface area contributed by atoms with Crippen molar-refractivity contribution in [3.8, 4) is 0 Å². The molecule has 0 radical (unpaired) electrons. The zero-order valence-electron chi connectivity index (χ0n) is 16.8. The highest BCUT2D eigenvalue weighted by Crippen LogP contribution is 2.23. The topological polar surface area (TPSA) is 121 Å². The van der Waals surface area contributed by atoms with Crippen LogP contribution in [-0.4, -0.2) is 35.3 Å². The molecule has 2 aromatic rings. The smallest absolute Gasteiger partial charge is 0.240 e. The van der Waals surface area contributed by atoms with Gasteiger partial charge in [-0.05, 0) is 62.1 Å². The van der Waals surface area contributed by atoms with Crippen LogP contribution in [0.15, 0.2) is 52.3 Å². The van der Waals surface area contributed by atoms with Crippen LogP contribution in [0.3, 0.4) is 0 Å². The highest BCUT2D eigenvalue weighted by atomic mass is 32.2. The van der Waals surface area contributed by atoms with E-state index in [9.17, 15) is 21.6 Å². The van der Waals surface area contributed by atoms with Crippen molar-refractivity contribution in [2.75, 3.05) is 11.9 Å². The lowest BCUT2D eigenvalue weighted by Crippen LogP contribution is -2.28. The molecule has 1 saturated carbocycles. The van der Waals surface area contributed by atoms with Gasteiger partial charge in [-0.15, -0.1) is 0 Å². The summed E-state index contributed by atoms with van der Waals surface area (Å²) in [6, 6.07) is 11.1. The number of hydrogen-bond donors (Lipinski definition) is 3. The Morgan fingerprint density at radius 2 is 1.73 bits per heavy atom. The molecule has 0 aliphatic heterocycles. The molecule has 162 valence electrons. The van der Waals surface area contributed by atoms with Crippen LogP contribution in [-0.2, 0) is 24.8 Å². The second kappa shape index (κ2) is 8.84. The number of rotatable bonds is 9. The molecule has 0 atom stereocenters. The Morgan fingerprint density at radius 1 is 1.00 bits per heavy atom. The van der Waals surface area contributed by atoms with Crippen LogP contribution in [0, 0.1) is 13.8 Å². The number of carbonyl (C=O) groups excluding carboxylic acids is 1. The number of anilines is 1. The van der Waals surface area contributed by atoms with Crippen molar-refractivity contribution >= 4 is 31.6 Å². The summed E-state index contributed by atoms with van der Waals surface area (Å²) in [5.74, 6) is -0.427. The second-order valence-electron chi connectivity index (χ2n) is 7.39. The highest BCUT2D eigenvalue weighted by Gasteiger charge is 2.28. The van der Waals surface area contributed by atoms with Crippen LogP contribution in [0.4, 0.5) is 5.69 Å². The monoisotopic (exact) mass is 451 g/mol. The first kappa shape index (κ1) is 22.4. The molecule has 0 bridgehead atoms. The zero-order chi connectivity index (χ0) is 21.9. The zero-order valence-corrected chi connectivity index (χ0v) is 18.4. The van der Waals surface area contributed by atoms with Gasteiger partial charge in [0.05, 0.1) is 9.79 Å². The molecule has 0 unspecified atom stereocenters. The minimum Gasteiger partial charge on any atom is -0.326 e. The molecule has 1 fully saturated rings. The summed E-state index contributed by atoms with van der Waals surface area (Å²) in [7, 11) is -7.35. The number of nitrogens with one attached hydrogen (secondary N) is 3. The van der Waals surface area contributed by atoms with Crippen LogP contribution in [0.25, 0.3) is 0 Å². The Kier molecular flexibility index (Phi) is 6.61. The number of benzene rings is 2. The standard InChI is InChI=1S/C20H25N3O5S2/c1-14-6-7-15(2)19(12-14)30(27,28)21-11-10-20(24)22-17-4-3-5-18(13-17)29(25,26)23-16-8-9-16/h3-7,12-13,16,21,23H,8-11H2,1-2H3,(H,22,24). The third-order valence-corrected chi connectivity index (χ3v) is 7.73. The minimum absolute atomic E-state index is 0.0155. The molecule has 30 heavy (non-hydrogen) atoms. The minimum atomic E-state index is -3.73. The van der Waals surface area contributed by atoms with E-state index in [1.807, 2.05) is 6.07 Å². The molecule has 8 nitrogen and oxygen atoms in total. The predicted octanol–water partition coefficient (Wildman–Crippen LogP) is 2.05. The first-order valence-corrected chi connectivity index (χ1v) is 12.5. The Labute approximate surface area is 177 Å². The first-order chi connectivity index (χ1) is 14.1. The molecule has 0 spiro atoms.